The number of benzene rings is 2. The van der Waals surface area contributed by atoms with E-state index in [1.807, 2.05) is 47.8 Å². The van der Waals surface area contributed by atoms with Gasteiger partial charge in [-0.3, -0.25) is 9.78 Å². The topological polar surface area (TPSA) is 72.5 Å². The van der Waals surface area contributed by atoms with Crippen molar-refractivity contribution in [3.8, 4) is 17.2 Å². The second kappa shape index (κ2) is 9.55. The van der Waals surface area contributed by atoms with Crippen LogP contribution >= 0.6 is 23.6 Å². The lowest BCUT2D eigenvalue weighted by atomic mass is 10.1. The fourth-order valence-corrected chi connectivity index (χ4v) is 4.02. The number of rotatable bonds is 6. The van der Waals surface area contributed by atoms with Gasteiger partial charge in [0, 0.05) is 18.3 Å². The molecule has 4 aromatic rings. The molecule has 0 spiro atoms. The maximum Gasteiger partial charge on any atom is 0.230 e. The summed E-state index contributed by atoms with van der Waals surface area (Å²) >= 11 is 6.85. The molecule has 1 amide bonds. The molecule has 6 nitrogen and oxygen atoms in total. The predicted molar refractivity (Wildman–Crippen MR) is 127 cm³/mol. The van der Waals surface area contributed by atoms with Gasteiger partial charge in [0.25, 0.3) is 0 Å². The summed E-state index contributed by atoms with van der Waals surface area (Å²) in [6.45, 7) is 0. The number of anilines is 1. The summed E-state index contributed by atoms with van der Waals surface area (Å²) in [7, 11) is 1.56. The highest BCUT2D eigenvalue weighted by molar-refractivity contribution is 7.80. The summed E-state index contributed by atoms with van der Waals surface area (Å²) in [4.78, 5) is 16.5. The van der Waals surface area contributed by atoms with Crippen LogP contribution in [0.15, 0.2) is 72.2 Å². The van der Waals surface area contributed by atoms with Crippen LogP contribution in [-0.2, 0) is 11.2 Å². The van der Waals surface area contributed by atoms with E-state index in [-0.39, 0.29) is 17.4 Å². The van der Waals surface area contributed by atoms with Crippen LogP contribution in [0.1, 0.15) is 5.56 Å². The van der Waals surface area contributed by atoms with Crippen LogP contribution in [0.2, 0.25) is 0 Å². The molecule has 0 radical (unpaired) electrons. The number of nitrogens with zero attached hydrogens (tertiary/aromatic N) is 1. The Bertz CT molecular complexity index is 1230. The lowest BCUT2D eigenvalue weighted by Crippen LogP contribution is -2.35. The molecule has 0 bridgehead atoms. The molecule has 2 heterocycles. The molecule has 4 rings (SSSR count). The first-order valence-electron chi connectivity index (χ1n) is 9.45. The van der Waals surface area contributed by atoms with E-state index in [1.54, 1.807) is 42.8 Å². The summed E-state index contributed by atoms with van der Waals surface area (Å²) < 4.78 is 12.5. The summed E-state index contributed by atoms with van der Waals surface area (Å²) in [6.07, 6.45) is 1.96. The maximum absolute atomic E-state index is 12.2. The van der Waals surface area contributed by atoms with Crippen LogP contribution in [0.4, 0.5) is 5.69 Å². The molecule has 0 aliphatic rings. The van der Waals surface area contributed by atoms with Crippen LogP contribution in [0, 0.1) is 0 Å². The number of nitrogens with one attached hydrogen (secondary N) is 2. The average molecular weight is 450 g/mol. The average Bonchev–Trinajstić information content (AvgIpc) is 3.25. The van der Waals surface area contributed by atoms with Crippen molar-refractivity contribution in [2.24, 2.45) is 0 Å². The maximum atomic E-state index is 12.2. The number of pyridine rings is 1. The standard InChI is InChI=1S/C23H19N3O3S2/c1-28-20-14-16(29-19-9-11-24-18-10-12-31-22(18)19)7-8-17(20)25-23(30)26-21(27)13-15-5-3-2-4-6-15/h2-12,14H,13H2,1H3,(H2,25,26,27,30). The zero-order valence-corrected chi connectivity index (χ0v) is 18.3. The predicted octanol–water partition coefficient (Wildman–Crippen LogP) is 5.15. The van der Waals surface area contributed by atoms with Crippen molar-refractivity contribution in [3.63, 3.8) is 0 Å². The number of fused-ring (bicyclic) bond motifs is 1. The summed E-state index contributed by atoms with van der Waals surface area (Å²) in [6, 6.07) is 18.6. The minimum absolute atomic E-state index is 0.194. The highest BCUT2D eigenvalue weighted by atomic mass is 32.1. The Kier molecular flexibility index (Phi) is 6.40. The number of carbonyl (C=O) groups excluding carboxylic acids is 1. The van der Waals surface area contributed by atoms with E-state index in [0.29, 0.717) is 17.2 Å². The van der Waals surface area contributed by atoms with Gasteiger partial charge in [-0.15, -0.1) is 11.3 Å². The molecule has 0 aliphatic heterocycles. The van der Waals surface area contributed by atoms with Gasteiger partial charge >= 0.3 is 0 Å². The Labute approximate surface area is 188 Å². The van der Waals surface area contributed by atoms with Crippen LogP contribution in [0.3, 0.4) is 0 Å². The number of amides is 1. The smallest absolute Gasteiger partial charge is 0.230 e. The van der Waals surface area contributed by atoms with E-state index in [4.69, 9.17) is 21.7 Å². The van der Waals surface area contributed by atoms with E-state index >= 15 is 0 Å². The van der Waals surface area contributed by atoms with Crippen LogP contribution < -0.4 is 20.1 Å². The normalized spacial score (nSPS) is 10.5. The van der Waals surface area contributed by atoms with Gasteiger partial charge in [0.2, 0.25) is 5.91 Å². The van der Waals surface area contributed by atoms with E-state index < -0.39 is 0 Å². The molecule has 0 unspecified atom stereocenters. The minimum atomic E-state index is -0.194. The van der Waals surface area contributed by atoms with Crippen molar-refractivity contribution in [1.29, 1.82) is 0 Å². The van der Waals surface area contributed by atoms with E-state index in [1.165, 1.54) is 0 Å². The quantitative estimate of drug-likeness (QED) is 0.397. The Hall–Kier alpha value is -3.49. The molecule has 2 aromatic carbocycles. The monoisotopic (exact) mass is 449 g/mol. The molecule has 31 heavy (non-hydrogen) atoms. The highest BCUT2D eigenvalue weighted by Crippen LogP contribution is 2.35. The lowest BCUT2D eigenvalue weighted by Gasteiger charge is -2.14. The minimum Gasteiger partial charge on any atom is -0.494 e. The molecule has 0 saturated carbocycles. The third kappa shape index (κ3) is 5.17. The van der Waals surface area contributed by atoms with E-state index in [2.05, 4.69) is 15.6 Å². The molecule has 8 heteroatoms. The zero-order chi connectivity index (χ0) is 21.6. The fourth-order valence-electron chi connectivity index (χ4n) is 3.00. The number of methoxy groups -OCH3 is 1. The van der Waals surface area contributed by atoms with E-state index in [9.17, 15) is 4.79 Å². The molecule has 2 N–H and O–H groups in total. The van der Waals surface area contributed by atoms with Gasteiger partial charge in [0.15, 0.2) is 5.11 Å². The summed E-state index contributed by atoms with van der Waals surface area (Å²) in [5, 5.41) is 7.87. The van der Waals surface area contributed by atoms with Gasteiger partial charge in [-0.25, -0.2) is 0 Å². The number of thiocarbonyl (C=S) groups is 1. The largest absolute Gasteiger partial charge is 0.494 e. The van der Waals surface area contributed by atoms with Gasteiger partial charge in [-0.1, -0.05) is 30.3 Å². The van der Waals surface area contributed by atoms with Crippen molar-refractivity contribution >= 4 is 50.5 Å². The Morgan fingerprint density at radius 1 is 1.10 bits per heavy atom. The van der Waals surface area contributed by atoms with Crippen molar-refractivity contribution in [1.82, 2.24) is 10.3 Å². The van der Waals surface area contributed by atoms with Crippen molar-refractivity contribution in [2.45, 2.75) is 6.42 Å². The van der Waals surface area contributed by atoms with Gasteiger partial charge in [-0.05, 0) is 41.4 Å². The number of hydrogen-bond acceptors (Lipinski definition) is 6. The number of carbonyl (C=O) groups is 1. The first kappa shape index (κ1) is 20.8. The Balaban J connectivity index is 1.42. The van der Waals surface area contributed by atoms with Crippen LogP contribution in [0.5, 0.6) is 17.2 Å². The van der Waals surface area contributed by atoms with Gasteiger partial charge in [-0.2, -0.15) is 0 Å². The van der Waals surface area contributed by atoms with Gasteiger partial charge < -0.3 is 20.1 Å². The van der Waals surface area contributed by atoms with E-state index in [0.717, 1.165) is 21.5 Å². The van der Waals surface area contributed by atoms with Crippen molar-refractivity contribution in [3.05, 3.63) is 77.8 Å². The summed E-state index contributed by atoms with van der Waals surface area (Å²) in [5.74, 6) is 1.68. The van der Waals surface area contributed by atoms with Crippen LogP contribution in [-0.4, -0.2) is 23.1 Å². The van der Waals surface area contributed by atoms with Gasteiger partial charge in [0.1, 0.15) is 17.2 Å². The molecular formula is C23H19N3O3S2. The second-order valence-electron chi connectivity index (χ2n) is 6.57. The van der Waals surface area contributed by atoms with Crippen LogP contribution in [0.25, 0.3) is 10.2 Å². The van der Waals surface area contributed by atoms with Gasteiger partial charge in [0.05, 0.1) is 29.4 Å². The first-order valence-corrected chi connectivity index (χ1v) is 10.7. The zero-order valence-electron chi connectivity index (χ0n) is 16.6. The number of thiophene rings is 1. The number of ether oxygens (including phenoxy) is 2. The highest BCUT2D eigenvalue weighted by Gasteiger charge is 2.12. The molecular weight excluding hydrogens is 430 g/mol. The molecule has 0 saturated heterocycles. The first-order chi connectivity index (χ1) is 15.1. The number of aromatic nitrogens is 1. The molecule has 0 aliphatic carbocycles. The SMILES string of the molecule is COc1cc(Oc2ccnc3ccsc23)ccc1NC(=S)NC(=O)Cc1ccccc1. The van der Waals surface area contributed by atoms with Crippen molar-refractivity contribution in [2.75, 3.05) is 12.4 Å². The molecule has 0 atom stereocenters. The second-order valence-corrected chi connectivity index (χ2v) is 7.90. The number of hydrogen-bond donors (Lipinski definition) is 2. The molecule has 0 fully saturated rings. The Morgan fingerprint density at radius 2 is 1.94 bits per heavy atom. The van der Waals surface area contributed by atoms with Crippen molar-refractivity contribution < 1.29 is 14.3 Å². The Morgan fingerprint density at radius 3 is 2.74 bits per heavy atom. The third-order valence-corrected chi connectivity index (χ3v) is 5.54. The lowest BCUT2D eigenvalue weighted by molar-refractivity contribution is -0.119. The molecule has 156 valence electrons. The fraction of sp³-hybridized carbons (Fsp3) is 0.0870. The summed E-state index contributed by atoms with van der Waals surface area (Å²) in [5.41, 5.74) is 2.43. The molecule has 2 aromatic heterocycles. The third-order valence-electron chi connectivity index (χ3n) is 4.42.